The van der Waals surface area contributed by atoms with Crippen LogP contribution >= 0.6 is 0 Å². The highest BCUT2D eigenvalue weighted by atomic mass is 16.5. The van der Waals surface area contributed by atoms with Crippen LogP contribution in [0.5, 0.6) is 0 Å². The molecule has 0 radical (unpaired) electrons. The molecular formula is C19H22N2O3. The van der Waals surface area contributed by atoms with Crippen molar-refractivity contribution >= 4 is 11.9 Å². The van der Waals surface area contributed by atoms with E-state index in [-0.39, 0.29) is 5.91 Å². The second kappa shape index (κ2) is 8.84. The second-order valence-electron chi connectivity index (χ2n) is 5.57. The molecule has 5 heteroatoms. The summed E-state index contributed by atoms with van der Waals surface area (Å²) >= 11 is 0. The highest BCUT2D eigenvalue weighted by Gasteiger charge is 2.24. The normalized spacial score (nSPS) is 12.9. The van der Waals surface area contributed by atoms with Crippen LogP contribution in [0.25, 0.3) is 0 Å². The molecule has 0 saturated carbocycles. The molecule has 2 aromatic rings. The number of rotatable bonds is 7. The number of nitrogens with two attached hydrogens (primary N) is 1. The van der Waals surface area contributed by atoms with E-state index in [1.165, 1.54) is 7.11 Å². The molecule has 3 N–H and O–H groups in total. The van der Waals surface area contributed by atoms with Gasteiger partial charge in [0.1, 0.15) is 6.04 Å². The Hall–Kier alpha value is -2.66. The third kappa shape index (κ3) is 5.21. The molecule has 2 atom stereocenters. The third-order valence-electron chi connectivity index (χ3n) is 3.72. The number of esters is 1. The quantitative estimate of drug-likeness (QED) is 0.755. The molecular weight excluding hydrogens is 304 g/mol. The minimum atomic E-state index is -0.758. The topological polar surface area (TPSA) is 81.4 Å². The molecule has 0 saturated heterocycles. The third-order valence-corrected chi connectivity index (χ3v) is 3.72. The maximum absolute atomic E-state index is 12.3. The molecule has 0 fully saturated rings. The van der Waals surface area contributed by atoms with Gasteiger partial charge in [-0.2, -0.15) is 0 Å². The average molecular weight is 326 g/mol. The zero-order valence-electron chi connectivity index (χ0n) is 13.6. The zero-order valence-corrected chi connectivity index (χ0v) is 13.6. The molecule has 0 aliphatic carbocycles. The maximum Gasteiger partial charge on any atom is 0.328 e. The molecule has 2 aromatic carbocycles. The SMILES string of the molecule is COC(=O)[C@@H](Cc1ccccc1)NC(=O)[C@H](N)Cc1ccccc1. The summed E-state index contributed by atoms with van der Waals surface area (Å²) in [6.07, 6.45) is 0.767. The summed E-state index contributed by atoms with van der Waals surface area (Å²) in [6.45, 7) is 0. The summed E-state index contributed by atoms with van der Waals surface area (Å²) in [5, 5.41) is 2.70. The number of nitrogens with one attached hydrogen (secondary N) is 1. The largest absolute Gasteiger partial charge is 0.467 e. The Bertz CT molecular complexity index is 659. The van der Waals surface area contributed by atoms with Gasteiger partial charge in [0, 0.05) is 6.42 Å². The first-order chi connectivity index (χ1) is 11.6. The Morgan fingerprint density at radius 1 is 0.958 bits per heavy atom. The van der Waals surface area contributed by atoms with Crippen LogP contribution in [0.3, 0.4) is 0 Å². The number of carbonyl (C=O) groups excluding carboxylic acids is 2. The summed E-state index contributed by atoms with van der Waals surface area (Å²) in [7, 11) is 1.30. The molecule has 0 aliphatic rings. The summed E-state index contributed by atoms with van der Waals surface area (Å²) in [5.41, 5.74) is 7.87. The van der Waals surface area contributed by atoms with Gasteiger partial charge >= 0.3 is 5.97 Å². The van der Waals surface area contributed by atoms with E-state index < -0.39 is 18.1 Å². The Morgan fingerprint density at radius 2 is 1.46 bits per heavy atom. The van der Waals surface area contributed by atoms with Crippen molar-refractivity contribution in [1.82, 2.24) is 5.32 Å². The molecule has 126 valence electrons. The monoisotopic (exact) mass is 326 g/mol. The van der Waals surface area contributed by atoms with Gasteiger partial charge in [-0.1, -0.05) is 60.7 Å². The van der Waals surface area contributed by atoms with Crippen LogP contribution in [-0.4, -0.2) is 31.1 Å². The second-order valence-corrected chi connectivity index (χ2v) is 5.57. The van der Waals surface area contributed by atoms with Gasteiger partial charge in [0.2, 0.25) is 5.91 Å². The van der Waals surface area contributed by atoms with Crippen molar-refractivity contribution < 1.29 is 14.3 Å². The Labute approximate surface area is 141 Å². The average Bonchev–Trinajstić information content (AvgIpc) is 2.62. The Morgan fingerprint density at radius 3 is 1.96 bits per heavy atom. The number of hydrogen-bond donors (Lipinski definition) is 2. The van der Waals surface area contributed by atoms with Crippen LogP contribution in [-0.2, 0) is 27.2 Å². The fraction of sp³-hybridized carbons (Fsp3) is 0.263. The van der Waals surface area contributed by atoms with Crippen molar-refractivity contribution in [3.05, 3.63) is 71.8 Å². The van der Waals surface area contributed by atoms with E-state index in [0.717, 1.165) is 11.1 Å². The van der Waals surface area contributed by atoms with E-state index in [9.17, 15) is 9.59 Å². The van der Waals surface area contributed by atoms with Crippen molar-refractivity contribution in [2.75, 3.05) is 7.11 Å². The Balaban J connectivity index is 2.00. The van der Waals surface area contributed by atoms with Crippen LogP contribution < -0.4 is 11.1 Å². The lowest BCUT2D eigenvalue weighted by Gasteiger charge is -2.19. The first kappa shape index (κ1) is 17.7. The molecule has 0 heterocycles. The van der Waals surface area contributed by atoms with Crippen molar-refractivity contribution in [2.45, 2.75) is 24.9 Å². The minimum Gasteiger partial charge on any atom is -0.467 e. The first-order valence-electron chi connectivity index (χ1n) is 7.81. The van der Waals surface area contributed by atoms with Crippen molar-refractivity contribution in [3.8, 4) is 0 Å². The van der Waals surface area contributed by atoms with Gasteiger partial charge in [0.15, 0.2) is 0 Å². The molecule has 0 aliphatic heterocycles. The maximum atomic E-state index is 12.3. The lowest BCUT2D eigenvalue weighted by molar-refractivity contribution is -0.145. The lowest BCUT2D eigenvalue weighted by Crippen LogP contribution is -2.50. The summed E-state index contributed by atoms with van der Waals surface area (Å²) in [4.78, 5) is 24.3. The van der Waals surface area contributed by atoms with Gasteiger partial charge in [-0.15, -0.1) is 0 Å². The van der Waals surface area contributed by atoms with Crippen molar-refractivity contribution in [1.29, 1.82) is 0 Å². The van der Waals surface area contributed by atoms with E-state index >= 15 is 0 Å². The number of ether oxygens (including phenoxy) is 1. The molecule has 0 bridgehead atoms. The van der Waals surface area contributed by atoms with Gasteiger partial charge in [0.05, 0.1) is 13.2 Å². The molecule has 0 spiro atoms. The standard InChI is InChI=1S/C19H22N2O3/c1-24-19(23)17(13-15-10-6-3-7-11-15)21-18(22)16(20)12-14-8-4-2-5-9-14/h2-11,16-17H,12-13,20H2,1H3,(H,21,22)/t16-,17-/m1/s1. The van der Waals surface area contributed by atoms with Crippen molar-refractivity contribution in [3.63, 3.8) is 0 Å². The summed E-state index contributed by atoms with van der Waals surface area (Å²) in [6, 6.07) is 17.5. The smallest absolute Gasteiger partial charge is 0.328 e. The minimum absolute atomic E-state index is 0.358. The fourth-order valence-corrected chi connectivity index (χ4v) is 2.42. The van der Waals surface area contributed by atoms with Crippen LogP contribution in [0, 0.1) is 0 Å². The van der Waals surface area contributed by atoms with E-state index in [4.69, 9.17) is 10.5 Å². The predicted molar refractivity (Wildman–Crippen MR) is 92.2 cm³/mol. The van der Waals surface area contributed by atoms with E-state index in [1.54, 1.807) is 0 Å². The molecule has 1 amide bonds. The van der Waals surface area contributed by atoms with Gasteiger partial charge in [-0.3, -0.25) is 4.79 Å². The predicted octanol–water partition coefficient (Wildman–Crippen LogP) is 1.46. The number of amides is 1. The molecule has 2 rings (SSSR count). The molecule has 24 heavy (non-hydrogen) atoms. The summed E-state index contributed by atoms with van der Waals surface area (Å²) in [5.74, 6) is -0.857. The molecule has 0 aromatic heterocycles. The van der Waals surface area contributed by atoms with Crippen molar-refractivity contribution in [2.24, 2.45) is 5.73 Å². The molecule has 5 nitrogen and oxygen atoms in total. The van der Waals surface area contributed by atoms with Crippen LogP contribution in [0.2, 0.25) is 0 Å². The van der Waals surface area contributed by atoms with Gasteiger partial charge in [-0.05, 0) is 17.5 Å². The number of methoxy groups -OCH3 is 1. The first-order valence-corrected chi connectivity index (χ1v) is 7.81. The van der Waals surface area contributed by atoms with Crippen LogP contribution in [0.1, 0.15) is 11.1 Å². The van der Waals surface area contributed by atoms with Crippen LogP contribution in [0.4, 0.5) is 0 Å². The van der Waals surface area contributed by atoms with E-state index in [1.807, 2.05) is 60.7 Å². The summed E-state index contributed by atoms with van der Waals surface area (Å²) < 4.78 is 4.79. The zero-order chi connectivity index (χ0) is 17.4. The van der Waals surface area contributed by atoms with Crippen LogP contribution in [0.15, 0.2) is 60.7 Å². The fourth-order valence-electron chi connectivity index (χ4n) is 2.42. The number of benzene rings is 2. The molecule has 0 unspecified atom stereocenters. The highest BCUT2D eigenvalue weighted by molar-refractivity contribution is 5.87. The van der Waals surface area contributed by atoms with Gasteiger partial charge < -0.3 is 15.8 Å². The van der Waals surface area contributed by atoms with E-state index in [2.05, 4.69) is 5.32 Å². The Kier molecular flexibility index (Phi) is 6.51. The van der Waals surface area contributed by atoms with E-state index in [0.29, 0.717) is 12.8 Å². The van der Waals surface area contributed by atoms with Gasteiger partial charge in [0.25, 0.3) is 0 Å². The number of carbonyl (C=O) groups is 2. The van der Waals surface area contributed by atoms with Gasteiger partial charge in [-0.25, -0.2) is 4.79 Å². The lowest BCUT2D eigenvalue weighted by atomic mass is 10.0. The number of hydrogen-bond acceptors (Lipinski definition) is 4. The highest BCUT2D eigenvalue weighted by Crippen LogP contribution is 2.06.